The van der Waals surface area contributed by atoms with Crippen molar-refractivity contribution < 1.29 is 18.7 Å². The van der Waals surface area contributed by atoms with E-state index in [0.717, 1.165) is 17.5 Å². The number of Topliss-reactive ketones (excluding diaryl/α,β-unsaturated/α-hetero) is 1. The topological polar surface area (TPSA) is 81.4 Å². The molecule has 150 valence electrons. The normalized spacial score (nSPS) is 10.6. The highest BCUT2D eigenvalue weighted by molar-refractivity contribution is 5.98. The number of rotatable bonds is 9. The van der Waals surface area contributed by atoms with E-state index in [-0.39, 0.29) is 24.5 Å². The van der Waals surface area contributed by atoms with Gasteiger partial charge in [0.15, 0.2) is 0 Å². The quantitative estimate of drug-likeness (QED) is 0.564. The van der Waals surface area contributed by atoms with Crippen molar-refractivity contribution in [2.24, 2.45) is 0 Å². The number of oxazole rings is 1. The van der Waals surface area contributed by atoms with Gasteiger partial charge >= 0.3 is 0 Å². The molecule has 0 aliphatic heterocycles. The van der Waals surface area contributed by atoms with Crippen molar-refractivity contribution in [3.8, 4) is 17.2 Å². The van der Waals surface area contributed by atoms with E-state index in [2.05, 4.69) is 10.3 Å². The second kappa shape index (κ2) is 9.68. The van der Waals surface area contributed by atoms with Crippen molar-refractivity contribution >= 4 is 11.7 Å². The molecule has 0 aliphatic rings. The lowest BCUT2D eigenvalue weighted by molar-refractivity contribution is -0.127. The molecule has 29 heavy (non-hydrogen) atoms. The summed E-state index contributed by atoms with van der Waals surface area (Å²) >= 11 is 0. The van der Waals surface area contributed by atoms with Crippen molar-refractivity contribution in [1.82, 2.24) is 10.3 Å². The third-order valence-corrected chi connectivity index (χ3v) is 4.51. The lowest BCUT2D eigenvalue weighted by Crippen LogP contribution is -2.28. The fourth-order valence-electron chi connectivity index (χ4n) is 2.95. The van der Waals surface area contributed by atoms with Crippen LogP contribution in [0.1, 0.15) is 23.4 Å². The first-order valence-electron chi connectivity index (χ1n) is 9.48. The maximum atomic E-state index is 12.3. The van der Waals surface area contributed by atoms with Gasteiger partial charge in [0.25, 0.3) is 0 Å². The zero-order valence-electron chi connectivity index (χ0n) is 16.6. The van der Waals surface area contributed by atoms with Gasteiger partial charge in [-0.25, -0.2) is 4.98 Å². The van der Waals surface area contributed by atoms with Crippen LogP contribution in [0.15, 0.2) is 59.0 Å². The molecule has 0 unspecified atom stereocenters. The van der Waals surface area contributed by atoms with Gasteiger partial charge in [0.05, 0.1) is 25.6 Å². The first-order valence-corrected chi connectivity index (χ1v) is 9.48. The van der Waals surface area contributed by atoms with Gasteiger partial charge in [-0.1, -0.05) is 36.4 Å². The number of carbonyl (C=O) groups is 2. The molecule has 0 aliphatic carbocycles. The van der Waals surface area contributed by atoms with Crippen molar-refractivity contribution in [2.75, 3.05) is 13.7 Å². The Hall–Kier alpha value is -3.41. The summed E-state index contributed by atoms with van der Waals surface area (Å²) in [6.07, 6.45) is 0.619. The molecule has 3 aromatic rings. The maximum Gasteiger partial charge on any atom is 0.227 e. The van der Waals surface area contributed by atoms with Crippen LogP contribution >= 0.6 is 0 Å². The summed E-state index contributed by atoms with van der Waals surface area (Å²) in [5, 5.41) is 2.79. The number of nitrogens with zero attached hydrogens (tertiary/aromatic N) is 1. The van der Waals surface area contributed by atoms with Gasteiger partial charge in [0.2, 0.25) is 11.8 Å². The van der Waals surface area contributed by atoms with Gasteiger partial charge in [0.1, 0.15) is 17.3 Å². The van der Waals surface area contributed by atoms with Crippen molar-refractivity contribution in [2.45, 2.75) is 26.2 Å². The minimum Gasteiger partial charge on any atom is -0.497 e. The molecule has 1 N–H and O–H groups in total. The van der Waals surface area contributed by atoms with Gasteiger partial charge in [-0.05, 0) is 37.1 Å². The SMILES string of the molecule is COc1cccc(-c2nc(CC(=O)CC(=O)NCCc3ccccc3)c(C)o2)c1. The van der Waals surface area contributed by atoms with Crippen LogP contribution < -0.4 is 10.1 Å². The molecular weight excluding hydrogens is 368 g/mol. The largest absolute Gasteiger partial charge is 0.497 e. The Balaban J connectivity index is 1.52. The first-order chi connectivity index (χ1) is 14.0. The highest BCUT2D eigenvalue weighted by Crippen LogP contribution is 2.25. The minimum absolute atomic E-state index is 0.0609. The Morgan fingerprint density at radius 2 is 1.90 bits per heavy atom. The minimum atomic E-state index is -0.278. The van der Waals surface area contributed by atoms with E-state index in [0.29, 0.717) is 29.6 Å². The summed E-state index contributed by atoms with van der Waals surface area (Å²) in [4.78, 5) is 28.7. The maximum absolute atomic E-state index is 12.3. The number of methoxy groups -OCH3 is 1. The number of hydrogen-bond donors (Lipinski definition) is 1. The molecule has 3 rings (SSSR count). The lowest BCUT2D eigenvalue weighted by Gasteiger charge is -2.04. The monoisotopic (exact) mass is 392 g/mol. The van der Waals surface area contributed by atoms with E-state index in [1.165, 1.54) is 0 Å². The fourth-order valence-corrected chi connectivity index (χ4v) is 2.95. The van der Waals surface area contributed by atoms with Crippen molar-refractivity contribution in [3.63, 3.8) is 0 Å². The second-order valence-corrected chi connectivity index (χ2v) is 6.73. The molecule has 6 nitrogen and oxygen atoms in total. The molecule has 1 amide bonds. The molecule has 1 aromatic heterocycles. The van der Waals surface area contributed by atoms with Crippen LogP contribution in [-0.4, -0.2) is 30.3 Å². The standard InChI is InChI=1S/C23H24N2O4/c1-16-21(25-23(29-16)18-9-6-10-20(13-18)28-2)14-19(26)15-22(27)24-12-11-17-7-4-3-5-8-17/h3-10,13H,11-12,14-15H2,1-2H3,(H,24,27). The van der Waals surface area contributed by atoms with E-state index in [4.69, 9.17) is 9.15 Å². The molecule has 2 aromatic carbocycles. The number of carbonyl (C=O) groups excluding carboxylic acids is 2. The van der Waals surface area contributed by atoms with Gasteiger partial charge in [-0.2, -0.15) is 0 Å². The van der Waals surface area contributed by atoms with Gasteiger partial charge < -0.3 is 14.5 Å². The number of ketones is 1. The van der Waals surface area contributed by atoms with Crippen LogP contribution in [0.5, 0.6) is 5.75 Å². The summed E-state index contributed by atoms with van der Waals surface area (Å²) in [6.45, 7) is 2.26. The summed E-state index contributed by atoms with van der Waals surface area (Å²) in [7, 11) is 1.59. The van der Waals surface area contributed by atoms with E-state index in [9.17, 15) is 9.59 Å². The van der Waals surface area contributed by atoms with Gasteiger partial charge in [0, 0.05) is 12.1 Å². The zero-order chi connectivity index (χ0) is 20.6. The van der Waals surface area contributed by atoms with E-state index in [1.807, 2.05) is 54.6 Å². The number of benzene rings is 2. The molecule has 0 saturated heterocycles. The smallest absolute Gasteiger partial charge is 0.227 e. The van der Waals surface area contributed by atoms with Crippen LogP contribution in [0.25, 0.3) is 11.5 Å². The Bertz CT molecular complexity index is 980. The number of ether oxygens (including phenoxy) is 1. The average Bonchev–Trinajstić information content (AvgIpc) is 3.09. The summed E-state index contributed by atoms with van der Waals surface area (Å²) in [6, 6.07) is 17.2. The fraction of sp³-hybridized carbons (Fsp3) is 0.261. The van der Waals surface area contributed by atoms with Crippen LogP contribution in [-0.2, 0) is 22.4 Å². The number of aromatic nitrogens is 1. The van der Waals surface area contributed by atoms with Crippen molar-refractivity contribution in [3.05, 3.63) is 71.6 Å². The molecule has 6 heteroatoms. The van der Waals surface area contributed by atoms with Crippen LogP contribution in [0.4, 0.5) is 0 Å². The Kier molecular flexibility index (Phi) is 6.79. The lowest BCUT2D eigenvalue weighted by atomic mass is 10.1. The predicted octanol–water partition coefficient (Wildman–Crippen LogP) is 3.52. The number of hydrogen-bond acceptors (Lipinski definition) is 5. The molecular formula is C23H24N2O4. The summed E-state index contributed by atoms with van der Waals surface area (Å²) in [5.74, 6) is 1.22. The molecule has 0 radical (unpaired) electrons. The predicted molar refractivity (Wildman–Crippen MR) is 110 cm³/mol. The molecule has 0 atom stereocenters. The molecule has 0 saturated carbocycles. The molecule has 0 spiro atoms. The third kappa shape index (κ3) is 5.78. The van der Waals surface area contributed by atoms with Gasteiger partial charge in [-0.3, -0.25) is 9.59 Å². The van der Waals surface area contributed by atoms with Crippen LogP contribution in [0.2, 0.25) is 0 Å². The Morgan fingerprint density at radius 1 is 1.10 bits per heavy atom. The Labute approximate surface area is 169 Å². The molecule has 1 heterocycles. The molecule has 0 fully saturated rings. The van der Waals surface area contributed by atoms with E-state index >= 15 is 0 Å². The highest BCUT2D eigenvalue weighted by Gasteiger charge is 2.17. The first kappa shape index (κ1) is 20.3. The second-order valence-electron chi connectivity index (χ2n) is 6.73. The zero-order valence-corrected chi connectivity index (χ0v) is 16.6. The summed E-state index contributed by atoms with van der Waals surface area (Å²) in [5.41, 5.74) is 2.46. The van der Waals surface area contributed by atoms with Crippen LogP contribution in [0.3, 0.4) is 0 Å². The number of aryl methyl sites for hydroxylation is 1. The van der Waals surface area contributed by atoms with Crippen LogP contribution in [0, 0.1) is 6.92 Å². The average molecular weight is 392 g/mol. The van der Waals surface area contributed by atoms with Gasteiger partial charge in [-0.15, -0.1) is 0 Å². The third-order valence-electron chi connectivity index (χ3n) is 4.51. The van der Waals surface area contributed by atoms with Crippen molar-refractivity contribution in [1.29, 1.82) is 0 Å². The molecule has 0 bridgehead atoms. The highest BCUT2D eigenvalue weighted by atomic mass is 16.5. The van der Waals surface area contributed by atoms with E-state index in [1.54, 1.807) is 14.0 Å². The summed E-state index contributed by atoms with van der Waals surface area (Å²) < 4.78 is 10.9. The van der Waals surface area contributed by atoms with E-state index < -0.39 is 0 Å². The Morgan fingerprint density at radius 3 is 2.66 bits per heavy atom. The number of nitrogens with one attached hydrogen (secondary N) is 1. The number of amides is 1.